The summed E-state index contributed by atoms with van der Waals surface area (Å²) in [5.74, 6) is -9.12. The molecule has 0 radical (unpaired) electrons. The quantitative estimate of drug-likeness (QED) is 0.0379. The van der Waals surface area contributed by atoms with Crippen LogP contribution in [0.3, 0.4) is 0 Å². The summed E-state index contributed by atoms with van der Waals surface area (Å²) < 4.78 is 0. The molecular weight excluding hydrogens is 738 g/mol. The van der Waals surface area contributed by atoms with E-state index in [0.717, 1.165) is 6.42 Å². The molecule has 0 saturated carbocycles. The number of hydrogen-bond donors (Lipinski definition) is 12. The standard InChI is InChI=1S/C35H61N9O12/c1-6-19(4)28(33(54)39-17-26(49)50)43-31(52)22(10-7-8-14-36)41-34(55)27(18(2)3)42-35(56)29(20(5)45)44-32(53)23(12-13-25(47)48)40-24(46)16-38-30(51)21-11-9-15-37-21/h18-23,27-29,37,45H,6-17,36H2,1-5H3,(H,38,51)(H,39,54)(H,40,46)(H,41,55)(H,42,56)(H,43,52)(H,44,53)(H,47,48)(H,49,50)/t19-,20+,21-,22-,23-,27-,28-,29-/m0/s1. The van der Waals surface area contributed by atoms with Gasteiger partial charge in [-0.1, -0.05) is 34.1 Å². The summed E-state index contributed by atoms with van der Waals surface area (Å²) in [5.41, 5.74) is 5.63. The van der Waals surface area contributed by atoms with E-state index in [4.69, 9.17) is 10.8 Å². The van der Waals surface area contributed by atoms with E-state index in [1.165, 1.54) is 6.92 Å². The lowest BCUT2D eigenvalue weighted by molar-refractivity contribution is -0.139. The van der Waals surface area contributed by atoms with Crippen LogP contribution in [0.15, 0.2) is 0 Å². The van der Waals surface area contributed by atoms with Crippen molar-refractivity contribution >= 4 is 53.3 Å². The van der Waals surface area contributed by atoms with E-state index in [2.05, 4.69) is 42.5 Å². The smallest absolute Gasteiger partial charge is 0.322 e. The monoisotopic (exact) mass is 799 g/mol. The van der Waals surface area contributed by atoms with Crippen molar-refractivity contribution in [2.75, 3.05) is 26.2 Å². The van der Waals surface area contributed by atoms with Gasteiger partial charge in [-0.25, -0.2) is 0 Å². The molecule has 1 aliphatic rings. The first-order chi connectivity index (χ1) is 26.3. The van der Waals surface area contributed by atoms with Crippen LogP contribution in [0.25, 0.3) is 0 Å². The maximum atomic E-state index is 13.7. The van der Waals surface area contributed by atoms with Crippen LogP contribution < -0.4 is 48.3 Å². The van der Waals surface area contributed by atoms with Crippen molar-refractivity contribution in [2.45, 2.75) is 128 Å². The highest BCUT2D eigenvalue weighted by molar-refractivity contribution is 5.97. The van der Waals surface area contributed by atoms with Gasteiger partial charge in [0, 0.05) is 6.42 Å². The van der Waals surface area contributed by atoms with Gasteiger partial charge in [-0.3, -0.25) is 43.2 Å². The Morgan fingerprint density at radius 2 is 1.29 bits per heavy atom. The molecule has 0 aliphatic carbocycles. The molecule has 318 valence electrons. The largest absolute Gasteiger partial charge is 0.481 e. The third-order valence-electron chi connectivity index (χ3n) is 9.20. The van der Waals surface area contributed by atoms with Crippen molar-refractivity contribution in [1.82, 2.24) is 42.5 Å². The Morgan fingerprint density at radius 3 is 1.80 bits per heavy atom. The second-order valence-electron chi connectivity index (χ2n) is 14.2. The van der Waals surface area contributed by atoms with E-state index in [0.29, 0.717) is 38.8 Å². The summed E-state index contributed by atoms with van der Waals surface area (Å²) in [4.78, 5) is 114. The summed E-state index contributed by atoms with van der Waals surface area (Å²) in [7, 11) is 0. The van der Waals surface area contributed by atoms with Crippen LogP contribution in [0.2, 0.25) is 0 Å². The van der Waals surface area contributed by atoms with Crippen LogP contribution in [-0.4, -0.2) is 137 Å². The van der Waals surface area contributed by atoms with E-state index < -0.39 is 133 Å². The van der Waals surface area contributed by atoms with Gasteiger partial charge in [0.25, 0.3) is 0 Å². The second-order valence-corrected chi connectivity index (χ2v) is 14.2. The Balaban J connectivity index is 3.15. The Labute approximate surface area is 326 Å². The Bertz CT molecular complexity index is 1370. The fraction of sp³-hybridized carbons (Fsp3) is 0.743. The molecule has 0 unspecified atom stereocenters. The number of carbonyl (C=O) groups is 9. The van der Waals surface area contributed by atoms with Crippen LogP contribution in [0, 0.1) is 11.8 Å². The number of nitrogens with two attached hydrogens (primary N) is 1. The first-order valence-corrected chi connectivity index (χ1v) is 18.9. The summed E-state index contributed by atoms with van der Waals surface area (Å²) in [5, 5.41) is 48.8. The average molecular weight is 800 g/mol. The number of carbonyl (C=O) groups excluding carboxylic acids is 7. The van der Waals surface area contributed by atoms with Crippen molar-refractivity contribution in [3.8, 4) is 0 Å². The molecule has 1 heterocycles. The lowest BCUT2D eigenvalue weighted by Gasteiger charge is -2.30. The molecule has 0 spiro atoms. The topological polar surface area (TPSA) is 337 Å². The van der Waals surface area contributed by atoms with Gasteiger partial charge in [0.15, 0.2) is 0 Å². The first kappa shape index (κ1) is 49.1. The highest BCUT2D eigenvalue weighted by atomic mass is 16.4. The molecule has 8 atom stereocenters. The minimum absolute atomic E-state index is 0.0917. The number of amides is 7. The molecule has 0 aromatic heterocycles. The Hall–Kier alpha value is -4.89. The highest BCUT2D eigenvalue weighted by Gasteiger charge is 2.36. The number of aliphatic hydroxyl groups is 1. The van der Waals surface area contributed by atoms with Gasteiger partial charge in [-0.2, -0.15) is 0 Å². The molecule has 0 bridgehead atoms. The van der Waals surface area contributed by atoms with Crippen molar-refractivity contribution in [2.24, 2.45) is 17.6 Å². The van der Waals surface area contributed by atoms with Gasteiger partial charge in [-0.15, -0.1) is 0 Å². The first-order valence-electron chi connectivity index (χ1n) is 18.9. The lowest BCUT2D eigenvalue weighted by Crippen LogP contribution is -2.62. The number of aliphatic hydroxyl groups excluding tert-OH is 1. The molecular formula is C35H61N9O12. The molecule has 21 nitrogen and oxygen atoms in total. The summed E-state index contributed by atoms with van der Waals surface area (Å²) in [6.45, 7) is 7.59. The normalized spacial score (nSPS) is 17.5. The van der Waals surface area contributed by atoms with Crippen LogP contribution in [0.5, 0.6) is 0 Å². The third kappa shape index (κ3) is 17.7. The molecule has 1 aliphatic heterocycles. The number of unbranched alkanes of at least 4 members (excludes halogenated alkanes) is 1. The maximum absolute atomic E-state index is 13.7. The lowest BCUT2D eigenvalue weighted by atomic mass is 9.97. The minimum Gasteiger partial charge on any atom is -0.481 e. The van der Waals surface area contributed by atoms with Crippen LogP contribution in [0.1, 0.15) is 86.0 Å². The van der Waals surface area contributed by atoms with Gasteiger partial charge in [0.1, 0.15) is 36.8 Å². The van der Waals surface area contributed by atoms with E-state index in [1.54, 1.807) is 27.7 Å². The minimum atomic E-state index is -1.70. The van der Waals surface area contributed by atoms with Crippen molar-refractivity contribution < 1.29 is 58.5 Å². The van der Waals surface area contributed by atoms with Crippen molar-refractivity contribution in [1.29, 1.82) is 0 Å². The molecule has 0 aromatic rings. The summed E-state index contributed by atoms with van der Waals surface area (Å²) in [6, 6.07) is -7.32. The molecule has 1 rings (SSSR count). The number of aliphatic carboxylic acids is 2. The van der Waals surface area contributed by atoms with E-state index in [9.17, 15) is 53.4 Å². The zero-order chi connectivity index (χ0) is 42.5. The molecule has 1 saturated heterocycles. The van der Waals surface area contributed by atoms with Crippen molar-refractivity contribution in [3.63, 3.8) is 0 Å². The van der Waals surface area contributed by atoms with E-state index in [1.807, 2.05) is 0 Å². The van der Waals surface area contributed by atoms with Gasteiger partial charge >= 0.3 is 11.9 Å². The predicted octanol–water partition coefficient (Wildman–Crippen LogP) is -3.44. The Morgan fingerprint density at radius 1 is 0.696 bits per heavy atom. The molecule has 1 fully saturated rings. The number of rotatable bonds is 26. The summed E-state index contributed by atoms with van der Waals surface area (Å²) >= 11 is 0. The molecule has 0 aromatic carbocycles. The van der Waals surface area contributed by atoms with Crippen LogP contribution in [-0.2, 0) is 43.2 Å². The zero-order valence-electron chi connectivity index (χ0n) is 32.8. The Kier molecular flexibility index (Phi) is 22.2. The average Bonchev–Trinajstić information content (AvgIpc) is 3.68. The third-order valence-corrected chi connectivity index (χ3v) is 9.20. The highest BCUT2D eigenvalue weighted by Crippen LogP contribution is 2.12. The number of hydrogen-bond acceptors (Lipinski definition) is 12. The molecule has 56 heavy (non-hydrogen) atoms. The molecule has 21 heteroatoms. The van der Waals surface area contributed by atoms with Gasteiger partial charge in [-0.05, 0) is 70.4 Å². The predicted molar refractivity (Wildman–Crippen MR) is 200 cm³/mol. The second kappa shape index (κ2) is 25.3. The van der Waals surface area contributed by atoms with Crippen molar-refractivity contribution in [3.05, 3.63) is 0 Å². The fourth-order valence-electron chi connectivity index (χ4n) is 5.67. The fourth-order valence-corrected chi connectivity index (χ4v) is 5.67. The maximum Gasteiger partial charge on any atom is 0.322 e. The van der Waals surface area contributed by atoms with Crippen LogP contribution >= 0.6 is 0 Å². The summed E-state index contributed by atoms with van der Waals surface area (Å²) in [6.07, 6.45) is 0.292. The molecule has 13 N–H and O–H groups in total. The number of nitrogens with one attached hydrogen (secondary N) is 8. The van der Waals surface area contributed by atoms with Crippen LogP contribution in [0.4, 0.5) is 0 Å². The van der Waals surface area contributed by atoms with Gasteiger partial charge in [0.2, 0.25) is 41.4 Å². The number of carboxylic acid groups (broad SMARTS) is 2. The van der Waals surface area contributed by atoms with Gasteiger partial charge < -0.3 is 63.6 Å². The number of carboxylic acids is 2. The molecule has 7 amide bonds. The zero-order valence-corrected chi connectivity index (χ0v) is 32.8. The van der Waals surface area contributed by atoms with E-state index >= 15 is 0 Å². The van der Waals surface area contributed by atoms with E-state index in [-0.39, 0.29) is 6.42 Å². The SMILES string of the molecule is CC[C@H](C)[C@H](NC(=O)[C@H](CCCCN)NC(=O)[C@@H](NC(=O)[C@@H](NC(=O)[C@H](CCC(=O)O)NC(=O)CNC(=O)[C@@H]1CCCN1)[C@@H](C)O)C(C)C)C(=O)NCC(=O)O. The van der Waals surface area contributed by atoms with Gasteiger partial charge in [0.05, 0.1) is 18.7 Å².